The van der Waals surface area contributed by atoms with Crippen molar-refractivity contribution in [3.8, 4) is 0 Å². The Kier molecular flexibility index (Phi) is 7.28. The molecule has 3 fully saturated rings. The van der Waals surface area contributed by atoms with E-state index in [4.69, 9.17) is 4.74 Å². The number of benzene rings is 1. The lowest BCUT2D eigenvalue weighted by Crippen LogP contribution is -2.54. The van der Waals surface area contributed by atoms with Crippen LogP contribution in [0.3, 0.4) is 0 Å². The van der Waals surface area contributed by atoms with E-state index in [1.807, 2.05) is 30.3 Å². The lowest BCUT2D eigenvalue weighted by molar-refractivity contribution is -0.134. The van der Waals surface area contributed by atoms with Crippen LogP contribution in [0.25, 0.3) is 6.08 Å². The molecular weight excluding hydrogens is 390 g/mol. The van der Waals surface area contributed by atoms with Crippen molar-refractivity contribution in [3.05, 3.63) is 41.7 Å². The van der Waals surface area contributed by atoms with E-state index in [1.165, 1.54) is 25.9 Å². The van der Waals surface area contributed by atoms with Crippen LogP contribution in [0, 0.1) is 11.8 Å². The van der Waals surface area contributed by atoms with Crippen molar-refractivity contribution in [2.24, 2.45) is 11.8 Å². The molecule has 2 aliphatic heterocycles. The Morgan fingerprint density at radius 2 is 2.10 bits per heavy atom. The van der Waals surface area contributed by atoms with E-state index >= 15 is 0 Å². The number of ether oxygens (including phenoxy) is 1. The lowest BCUT2D eigenvalue weighted by atomic mass is 9.82. The number of rotatable bonds is 6. The highest BCUT2D eigenvalue weighted by Gasteiger charge is 2.40. The number of nitrogens with one attached hydrogen (secondary N) is 2. The fraction of sp³-hybridized carbons (Fsp3) is 0.600. The second kappa shape index (κ2) is 10.3. The van der Waals surface area contributed by atoms with Crippen molar-refractivity contribution < 1.29 is 14.3 Å². The fourth-order valence-electron chi connectivity index (χ4n) is 5.08. The zero-order valence-electron chi connectivity index (χ0n) is 18.5. The highest BCUT2D eigenvalue weighted by Crippen LogP contribution is 2.31. The molecule has 2 amide bonds. The highest BCUT2D eigenvalue weighted by atomic mass is 16.5. The SMILES string of the molecule is CC1CCCN(CCCNC(=O)C2CCC3O/C(=C/c4ccccc4)C(=O)NC3C2)C1. The van der Waals surface area contributed by atoms with Crippen LogP contribution in [0.15, 0.2) is 36.1 Å². The molecule has 1 aromatic rings. The van der Waals surface area contributed by atoms with E-state index in [1.54, 1.807) is 6.08 Å². The molecule has 2 N–H and O–H groups in total. The van der Waals surface area contributed by atoms with Crippen molar-refractivity contribution in [3.63, 3.8) is 0 Å². The van der Waals surface area contributed by atoms with E-state index in [0.717, 1.165) is 43.8 Å². The maximum Gasteiger partial charge on any atom is 0.286 e. The Morgan fingerprint density at radius 1 is 1.26 bits per heavy atom. The number of piperidine rings is 1. The Bertz CT molecular complexity index is 794. The number of fused-ring (bicyclic) bond motifs is 1. The Balaban J connectivity index is 1.21. The summed E-state index contributed by atoms with van der Waals surface area (Å²) in [7, 11) is 0. The second-order valence-corrected chi connectivity index (χ2v) is 9.36. The molecule has 168 valence electrons. The van der Waals surface area contributed by atoms with Crippen LogP contribution in [0.2, 0.25) is 0 Å². The quantitative estimate of drug-likeness (QED) is 0.543. The van der Waals surface area contributed by atoms with Gasteiger partial charge < -0.3 is 20.3 Å². The number of amides is 2. The van der Waals surface area contributed by atoms with E-state index in [-0.39, 0.29) is 29.9 Å². The summed E-state index contributed by atoms with van der Waals surface area (Å²) in [4.78, 5) is 27.7. The van der Waals surface area contributed by atoms with Crippen LogP contribution in [0.4, 0.5) is 0 Å². The second-order valence-electron chi connectivity index (χ2n) is 9.36. The minimum atomic E-state index is -0.193. The summed E-state index contributed by atoms with van der Waals surface area (Å²) in [5, 5.41) is 6.19. The van der Waals surface area contributed by atoms with Crippen molar-refractivity contribution in [1.29, 1.82) is 0 Å². The first-order chi connectivity index (χ1) is 15.1. The maximum absolute atomic E-state index is 12.7. The first-order valence-corrected chi connectivity index (χ1v) is 11.8. The number of hydrogen-bond donors (Lipinski definition) is 2. The molecule has 6 nitrogen and oxygen atoms in total. The van der Waals surface area contributed by atoms with E-state index < -0.39 is 0 Å². The number of carbonyl (C=O) groups excluding carboxylic acids is 2. The Hall–Kier alpha value is -2.34. The summed E-state index contributed by atoms with van der Waals surface area (Å²) < 4.78 is 6.02. The van der Waals surface area contributed by atoms with Gasteiger partial charge in [0.15, 0.2) is 5.76 Å². The summed E-state index contributed by atoms with van der Waals surface area (Å²) in [5.41, 5.74) is 0.943. The number of hydrogen-bond acceptors (Lipinski definition) is 4. The maximum atomic E-state index is 12.7. The first-order valence-electron chi connectivity index (χ1n) is 11.8. The Labute approximate surface area is 185 Å². The third kappa shape index (κ3) is 5.88. The van der Waals surface area contributed by atoms with Crippen LogP contribution in [0.5, 0.6) is 0 Å². The largest absolute Gasteiger partial charge is 0.483 e. The number of morpholine rings is 1. The third-order valence-corrected chi connectivity index (χ3v) is 6.77. The standard InChI is InChI=1S/C25H35N3O3/c1-18-7-5-13-28(17-18)14-6-12-26-24(29)20-10-11-22-21(16-20)27-25(30)23(31-22)15-19-8-3-2-4-9-19/h2-4,8-9,15,18,20-22H,5-7,10-14,16-17H2,1H3,(H,26,29)(H,27,30)/b23-15+. The molecule has 1 aromatic carbocycles. The molecule has 0 aromatic heterocycles. The molecule has 6 heteroatoms. The molecule has 4 rings (SSSR count). The van der Waals surface area contributed by atoms with Gasteiger partial charge in [0.2, 0.25) is 5.91 Å². The molecular formula is C25H35N3O3. The van der Waals surface area contributed by atoms with Crippen molar-refractivity contribution >= 4 is 17.9 Å². The summed E-state index contributed by atoms with van der Waals surface area (Å²) in [6.07, 6.45) is 7.56. The van der Waals surface area contributed by atoms with Gasteiger partial charge in [-0.05, 0) is 69.2 Å². The van der Waals surface area contributed by atoms with Crippen molar-refractivity contribution in [1.82, 2.24) is 15.5 Å². The summed E-state index contributed by atoms with van der Waals surface area (Å²) >= 11 is 0. The van der Waals surface area contributed by atoms with Gasteiger partial charge in [0.05, 0.1) is 6.04 Å². The number of carbonyl (C=O) groups is 2. The van der Waals surface area contributed by atoms with Gasteiger partial charge in [-0.15, -0.1) is 0 Å². The number of nitrogens with zero attached hydrogens (tertiary/aromatic N) is 1. The molecule has 1 aliphatic carbocycles. The van der Waals surface area contributed by atoms with E-state index in [9.17, 15) is 9.59 Å². The minimum absolute atomic E-state index is 0.0557. The minimum Gasteiger partial charge on any atom is -0.483 e. The third-order valence-electron chi connectivity index (χ3n) is 6.77. The smallest absolute Gasteiger partial charge is 0.286 e. The first kappa shape index (κ1) is 21.9. The molecule has 4 atom stereocenters. The van der Waals surface area contributed by atoms with Gasteiger partial charge >= 0.3 is 0 Å². The van der Waals surface area contributed by atoms with E-state index in [0.29, 0.717) is 12.2 Å². The molecule has 1 saturated carbocycles. The van der Waals surface area contributed by atoms with Crippen LogP contribution in [0.1, 0.15) is 51.0 Å². The highest BCUT2D eigenvalue weighted by molar-refractivity contribution is 5.96. The van der Waals surface area contributed by atoms with E-state index in [2.05, 4.69) is 22.5 Å². The summed E-state index contributed by atoms with van der Waals surface area (Å²) in [6, 6.07) is 9.62. The predicted molar refractivity (Wildman–Crippen MR) is 121 cm³/mol. The summed E-state index contributed by atoms with van der Waals surface area (Å²) in [5.74, 6) is 1.02. The zero-order valence-corrected chi connectivity index (χ0v) is 18.5. The molecule has 0 bridgehead atoms. The molecule has 0 radical (unpaired) electrons. The van der Waals surface area contributed by atoms with Gasteiger partial charge in [-0.3, -0.25) is 9.59 Å². The van der Waals surface area contributed by atoms with Gasteiger partial charge in [0.25, 0.3) is 5.91 Å². The van der Waals surface area contributed by atoms with Crippen LogP contribution in [-0.2, 0) is 14.3 Å². The molecule has 4 unspecified atom stereocenters. The van der Waals surface area contributed by atoms with Gasteiger partial charge in [-0.1, -0.05) is 37.3 Å². The van der Waals surface area contributed by atoms with Crippen molar-refractivity contribution in [2.75, 3.05) is 26.2 Å². The molecule has 31 heavy (non-hydrogen) atoms. The van der Waals surface area contributed by atoms with Gasteiger partial charge in [-0.25, -0.2) is 0 Å². The Morgan fingerprint density at radius 3 is 2.90 bits per heavy atom. The predicted octanol–water partition coefficient (Wildman–Crippen LogP) is 2.95. The fourth-order valence-corrected chi connectivity index (χ4v) is 5.08. The molecule has 3 aliphatic rings. The summed E-state index contributed by atoms with van der Waals surface area (Å²) in [6.45, 7) is 6.46. The average molecular weight is 426 g/mol. The zero-order chi connectivity index (χ0) is 21.6. The number of likely N-dealkylation sites (tertiary alicyclic amines) is 1. The topological polar surface area (TPSA) is 70.7 Å². The van der Waals surface area contributed by atoms with Gasteiger partial charge in [0.1, 0.15) is 6.10 Å². The monoisotopic (exact) mass is 425 g/mol. The molecule has 2 saturated heterocycles. The molecule has 0 spiro atoms. The van der Waals surface area contributed by atoms with Crippen molar-refractivity contribution in [2.45, 2.75) is 57.6 Å². The molecule has 2 heterocycles. The lowest BCUT2D eigenvalue weighted by Gasteiger charge is -2.39. The average Bonchev–Trinajstić information content (AvgIpc) is 2.77. The van der Waals surface area contributed by atoms with Crippen LogP contribution in [-0.4, -0.2) is 55.0 Å². The van der Waals surface area contributed by atoms with Gasteiger partial charge in [-0.2, -0.15) is 0 Å². The van der Waals surface area contributed by atoms with Crippen LogP contribution >= 0.6 is 0 Å². The van der Waals surface area contributed by atoms with Crippen LogP contribution < -0.4 is 10.6 Å². The normalized spacial score (nSPS) is 30.2. The van der Waals surface area contributed by atoms with Gasteiger partial charge in [0, 0.05) is 19.0 Å².